The molecule has 3 aromatic carbocycles. The topological polar surface area (TPSA) is 76.3 Å². The molecule has 0 aliphatic rings. The van der Waals surface area contributed by atoms with Crippen molar-refractivity contribution < 1.29 is 14.0 Å². The van der Waals surface area contributed by atoms with Gasteiger partial charge in [0.25, 0.3) is 5.91 Å². The van der Waals surface area contributed by atoms with Gasteiger partial charge in [-0.1, -0.05) is 54.1 Å². The lowest BCUT2D eigenvalue weighted by molar-refractivity contribution is -0.122. The molecule has 1 atom stereocenters. The molecule has 2 N–H and O–H groups in total. The molecule has 160 valence electrons. The zero-order valence-corrected chi connectivity index (χ0v) is 17.9. The summed E-state index contributed by atoms with van der Waals surface area (Å²) in [7, 11) is 1.47. The minimum atomic E-state index is -1.14. The van der Waals surface area contributed by atoms with Gasteiger partial charge >= 0.3 is 0 Å². The van der Waals surface area contributed by atoms with E-state index < -0.39 is 23.7 Å². The molecule has 1 heterocycles. The molecule has 0 saturated heterocycles. The van der Waals surface area contributed by atoms with Crippen LogP contribution in [0.1, 0.15) is 22.0 Å². The Bertz CT molecular complexity index is 1320. The predicted octanol–water partition coefficient (Wildman–Crippen LogP) is 4.99. The molecule has 32 heavy (non-hydrogen) atoms. The predicted molar refractivity (Wildman–Crippen MR) is 123 cm³/mol. The van der Waals surface area contributed by atoms with Gasteiger partial charge in [0.2, 0.25) is 5.91 Å². The second-order valence-corrected chi connectivity index (χ2v) is 7.79. The quantitative estimate of drug-likeness (QED) is 0.468. The Morgan fingerprint density at radius 3 is 2.41 bits per heavy atom. The first kappa shape index (κ1) is 21.5. The highest BCUT2D eigenvalue weighted by Gasteiger charge is 2.29. The SMILES string of the molecule is CN(C(=O)c1cc(-c2ccc(Cl)cc2)nc2ccccc12)C(C(N)=O)c1cccc(F)c1. The normalized spacial score (nSPS) is 11.8. The average Bonchev–Trinajstić information content (AvgIpc) is 2.78. The van der Waals surface area contributed by atoms with Gasteiger partial charge in [0.1, 0.15) is 11.9 Å². The molecule has 1 aromatic heterocycles. The zero-order chi connectivity index (χ0) is 22.8. The van der Waals surface area contributed by atoms with Crippen LogP contribution in [0.15, 0.2) is 78.9 Å². The van der Waals surface area contributed by atoms with Crippen LogP contribution in [0.2, 0.25) is 5.02 Å². The fourth-order valence-electron chi connectivity index (χ4n) is 3.68. The van der Waals surface area contributed by atoms with Crippen molar-refractivity contribution in [3.8, 4) is 11.3 Å². The molecule has 0 bridgehead atoms. The summed E-state index contributed by atoms with van der Waals surface area (Å²) < 4.78 is 13.8. The summed E-state index contributed by atoms with van der Waals surface area (Å²) in [6.45, 7) is 0. The van der Waals surface area contributed by atoms with Crippen LogP contribution in [-0.4, -0.2) is 28.7 Å². The number of pyridine rings is 1. The maximum Gasteiger partial charge on any atom is 0.255 e. The molecule has 0 radical (unpaired) electrons. The Morgan fingerprint density at radius 2 is 1.72 bits per heavy atom. The minimum absolute atomic E-state index is 0.296. The Morgan fingerprint density at radius 1 is 1.00 bits per heavy atom. The number of carbonyl (C=O) groups excluding carboxylic acids is 2. The molecule has 0 aliphatic heterocycles. The number of para-hydroxylation sites is 1. The average molecular weight is 448 g/mol. The van der Waals surface area contributed by atoms with Crippen molar-refractivity contribution in [2.75, 3.05) is 7.05 Å². The van der Waals surface area contributed by atoms with E-state index in [1.54, 1.807) is 36.4 Å². The van der Waals surface area contributed by atoms with Crippen LogP contribution >= 0.6 is 11.6 Å². The summed E-state index contributed by atoms with van der Waals surface area (Å²) in [4.78, 5) is 31.7. The number of carbonyl (C=O) groups is 2. The largest absolute Gasteiger partial charge is 0.368 e. The molecule has 0 aliphatic carbocycles. The van der Waals surface area contributed by atoms with Crippen molar-refractivity contribution in [1.29, 1.82) is 0 Å². The number of halogens is 2. The first-order valence-corrected chi connectivity index (χ1v) is 10.2. The molecule has 2 amide bonds. The monoisotopic (exact) mass is 447 g/mol. The van der Waals surface area contributed by atoms with E-state index >= 15 is 0 Å². The van der Waals surface area contributed by atoms with Gasteiger partial charge in [-0.3, -0.25) is 9.59 Å². The van der Waals surface area contributed by atoms with Gasteiger partial charge in [0.05, 0.1) is 16.8 Å². The van der Waals surface area contributed by atoms with Crippen molar-refractivity contribution in [3.63, 3.8) is 0 Å². The van der Waals surface area contributed by atoms with E-state index in [0.29, 0.717) is 32.7 Å². The smallest absolute Gasteiger partial charge is 0.255 e. The van der Waals surface area contributed by atoms with Crippen molar-refractivity contribution in [2.24, 2.45) is 5.73 Å². The van der Waals surface area contributed by atoms with E-state index in [1.165, 1.54) is 30.1 Å². The van der Waals surface area contributed by atoms with Gasteiger partial charge in [-0.05, 0) is 42.0 Å². The number of nitrogens with zero attached hydrogens (tertiary/aromatic N) is 2. The molecule has 4 rings (SSSR count). The maximum absolute atomic E-state index is 13.8. The van der Waals surface area contributed by atoms with E-state index in [-0.39, 0.29) is 0 Å². The number of aromatic nitrogens is 1. The molecular formula is C25H19ClFN3O2. The maximum atomic E-state index is 13.8. The van der Waals surface area contributed by atoms with Crippen LogP contribution in [-0.2, 0) is 4.79 Å². The first-order valence-electron chi connectivity index (χ1n) is 9.83. The van der Waals surface area contributed by atoms with Crippen LogP contribution in [0.3, 0.4) is 0 Å². The number of rotatable bonds is 5. The Labute approximate surface area is 189 Å². The first-order chi connectivity index (χ1) is 15.3. The van der Waals surface area contributed by atoms with Crippen LogP contribution in [0.25, 0.3) is 22.2 Å². The van der Waals surface area contributed by atoms with E-state index in [4.69, 9.17) is 17.3 Å². The third kappa shape index (κ3) is 4.18. The van der Waals surface area contributed by atoms with Gasteiger partial charge < -0.3 is 10.6 Å². The summed E-state index contributed by atoms with van der Waals surface area (Å²) in [5.74, 6) is -1.72. The summed E-state index contributed by atoms with van der Waals surface area (Å²) in [5.41, 5.74) is 8.24. The van der Waals surface area contributed by atoms with Crippen molar-refractivity contribution in [3.05, 3.63) is 101 Å². The Kier molecular flexibility index (Phi) is 5.88. The Balaban J connectivity index is 1.83. The van der Waals surface area contributed by atoms with Crippen LogP contribution in [0.5, 0.6) is 0 Å². The van der Waals surface area contributed by atoms with E-state index in [1.807, 2.05) is 24.3 Å². The van der Waals surface area contributed by atoms with E-state index in [0.717, 1.165) is 5.56 Å². The van der Waals surface area contributed by atoms with Gasteiger partial charge in [-0.25, -0.2) is 9.37 Å². The molecule has 0 saturated carbocycles. The van der Waals surface area contributed by atoms with Gasteiger partial charge in [0, 0.05) is 23.0 Å². The van der Waals surface area contributed by atoms with Crippen LogP contribution in [0.4, 0.5) is 4.39 Å². The number of likely N-dealkylation sites (N-methyl/N-ethyl adjacent to an activating group) is 1. The molecular weight excluding hydrogens is 429 g/mol. The fraction of sp³-hybridized carbons (Fsp3) is 0.0800. The third-order valence-electron chi connectivity index (χ3n) is 5.23. The number of benzene rings is 3. The standard InChI is InChI=1S/C25H19ClFN3O2/c1-30(23(24(28)31)16-5-4-6-18(27)13-16)25(32)20-14-22(15-9-11-17(26)12-10-15)29-21-8-3-2-7-19(20)21/h2-14,23H,1H3,(H2,28,31). The minimum Gasteiger partial charge on any atom is -0.368 e. The number of nitrogens with two attached hydrogens (primary N) is 1. The lowest BCUT2D eigenvalue weighted by Crippen LogP contribution is -2.39. The molecule has 4 aromatic rings. The third-order valence-corrected chi connectivity index (χ3v) is 5.48. The molecule has 0 fully saturated rings. The summed E-state index contributed by atoms with van der Waals surface area (Å²) >= 11 is 6.00. The van der Waals surface area contributed by atoms with Gasteiger partial charge in [0.15, 0.2) is 0 Å². The Hall–Kier alpha value is -3.77. The van der Waals surface area contributed by atoms with Crippen molar-refractivity contribution >= 4 is 34.3 Å². The zero-order valence-electron chi connectivity index (χ0n) is 17.1. The number of primary amides is 1. The molecule has 1 unspecified atom stereocenters. The highest BCUT2D eigenvalue weighted by Crippen LogP contribution is 2.29. The summed E-state index contributed by atoms with van der Waals surface area (Å²) in [5, 5.41) is 1.22. The number of hydrogen-bond donors (Lipinski definition) is 1. The fourth-order valence-corrected chi connectivity index (χ4v) is 3.81. The number of hydrogen-bond acceptors (Lipinski definition) is 3. The van der Waals surface area contributed by atoms with E-state index in [2.05, 4.69) is 4.98 Å². The van der Waals surface area contributed by atoms with Gasteiger partial charge in [-0.2, -0.15) is 0 Å². The van der Waals surface area contributed by atoms with Crippen molar-refractivity contribution in [2.45, 2.75) is 6.04 Å². The molecule has 7 heteroatoms. The highest BCUT2D eigenvalue weighted by atomic mass is 35.5. The second kappa shape index (κ2) is 8.77. The summed E-state index contributed by atoms with van der Waals surface area (Å²) in [6, 6.07) is 20.4. The number of amides is 2. The lowest BCUT2D eigenvalue weighted by atomic mass is 10.0. The van der Waals surface area contributed by atoms with Crippen LogP contribution < -0.4 is 5.73 Å². The van der Waals surface area contributed by atoms with Gasteiger partial charge in [-0.15, -0.1) is 0 Å². The van der Waals surface area contributed by atoms with Crippen LogP contribution in [0, 0.1) is 5.82 Å². The second-order valence-electron chi connectivity index (χ2n) is 7.36. The van der Waals surface area contributed by atoms with E-state index in [9.17, 15) is 14.0 Å². The lowest BCUT2D eigenvalue weighted by Gasteiger charge is -2.27. The highest BCUT2D eigenvalue weighted by molar-refractivity contribution is 6.30. The summed E-state index contributed by atoms with van der Waals surface area (Å²) in [6.07, 6.45) is 0. The van der Waals surface area contributed by atoms with Crippen molar-refractivity contribution in [1.82, 2.24) is 9.88 Å². The molecule has 0 spiro atoms. The molecule has 5 nitrogen and oxygen atoms in total. The number of fused-ring (bicyclic) bond motifs is 1.